The quantitative estimate of drug-likeness (QED) is 0.820. The molecule has 4 nitrogen and oxygen atoms in total. The number of hydrogen-bond acceptors (Lipinski definition) is 3. The van der Waals surface area contributed by atoms with E-state index in [0.29, 0.717) is 24.6 Å². The first-order chi connectivity index (χ1) is 8.54. The lowest BCUT2D eigenvalue weighted by Crippen LogP contribution is -2.39. The Morgan fingerprint density at radius 2 is 2.22 bits per heavy atom. The summed E-state index contributed by atoms with van der Waals surface area (Å²) in [5.74, 6) is 0.396. The number of hydrogen-bond donors (Lipinski definition) is 0. The van der Waals surface area contributed by atoms with E-state index in [1.165, 1.54) is 10.4 Å². The van der Waals surface area contributed by atoms with Crippen LogP contribution in [0.4, 0.5) is 0 Å². The van der Waals surface area contributed by atoms with Crippen molar-refractivity contribution in [2.45, 2.75) is 24.7 Å². The van der Waals surface area contributed by atoms with Crippen LogP contribution >= 0.6 is 0 Å². The van der Waals surface area contributed by atoms with Gasteiger partial charge in [-0.25, -0.2) is 8.42 Å². The van der Waals surface area contributed by atoms with E-state index < -0.39 is 10.0 Å². The first-order valence-corrected chi connectivity index (χ1v) is 7.48. The van der Waals surface area contributed by atoms with Gasteiger partial charge in [-0.05, 0) is 37.0 Å². The van der Waals surface area contributed by atoms with Gasteiger partial charge in [0.2, 0.25) is 10.0 Å². The summed E-state index contributed by atoms with van der Waals surface area (Å²) in [4.78, 5) is 0.218. The van der Waals surface area contributed by atoms with Crippen LogP contribution in [-0.4, -0.2) is 25.8 Å². The van der Waals surface area contributed by atoms with Crippen LogP contribution in [0.3, 0.4) is 0 Å². The molecule has 1 fully saturated rings. The van der Waals surface area contributed by atoms with E-state index in [1.54, 1.807) is 18.2 Å². The van der Waals surface area contributed by atoms with Gasteiger partial charge in [0.1, 0.15) is 0 Å². The molecule has 5 heteroatoms. The summed E-state index contributed by atoms with van der Waals surface area (Å²) >= 11 is 0. The smallest absolute Gasteiger partial charge is 0.207 e. The highest BCUT2D eigenvalue weighted by Gasteiger charge is 2.28. The highest BCUT2D eigenvalue weighted by Crippen LogP contribution is 2.23. The zero-order chi connectivity index (χ0) is 13.2. The van der Waals surface area contributed by atoms with Crippen molar-refractivity contribution in [3.8, 4) is 6.07 Å². The highest BCUT2D eigenvalue weighted by molar-refractivity contribution is 7.89. The van der Waals surface area contributed by atoms with Crippen LogP contribution < -0.4 is 0 Å². The average Bonchev–Trinajstić information content (AvgIpc) is 2.39. The van der Waals surface area contributed by atoms with Gasteiger partial charge in [-0.3, -0.25) is 0 Å². The molecule has 0 aliphatic carbocycles. The molecule has 18 heavy (non-hydrogen) atoms. The minimum atomic E-state index is -3.45. The first-order valence-electron chi connectivity index (χ1n) is 6.04. The van der Waals surface area contributed by atoms with Crippen molar-refractivity contribution in [1.82, 2.24) is 4.31 Å². The second-order valence-corrected chi connectivity index (χ2v) is 6.69. The van der Waals surface area contributed by atoms with E-state index in [-0.39, 0.29) is 4.90 Å². The van der Waals surface area contributed by atoms with Crippen molar-refractivity contribution < 1.29 is 8.42 Å². The molecular weight excluding hydrogens is 248 g/mol. The predicted octanol–water partition coefficient (Wildman–Crippen LogP) is 1.98. The monoisotopic (exact) mass is 264 g/mol. The van der Waals surface area contributed by atoms with Gasteiger partial charge in [-0.2, -0.15) is 9.57 Å². The van der Waals surface area contributed by atoms with Crippen LogP contribution in [-0.2, 0) is 10.0 Å². The van der Waals surface area contributed by atoms with Gasteiger partial charge in [0, 0.05) is 13.1 Å². The molecule has 1 aromatic carbocycles. The van der Waals surface area contributed by atoms with Gasteiger partial charge in [0.15, 0.2) is 0 Å². The van der Waals surface area contributed by atoms with E-state index in [1.807, 2.05) is 6.07 Å². The van der Waals surface area contributed by atoms with Crippen molar-refractivity contribution in [3.63, 3.8) is 0 Å². The maximum Gasteiger partial charge on any atom is 0.243 e. The molecule has 0 bridgehead atoms. The van der Waals surface area contributed by atoms with Gasteiger partial charge >= 0.3 is 0 Å². The Morgan fingerprint density at radius 1 is 1.44 bits per heavy atom. The summed E-state index contributed by atoms with van der Waals surface area (Å²) in [6, 6.07) is 8.18. The molecule has 1 aliphatic rings. The summed E-state index contributed by atoms with van der Waals surface area (Å²) in [6.45, 7) is 3.20. The maximum atomic E-state index is 12.4. The fraction of sp³-hybridized carbons (Fsp3) is 0.462. The number of nitriles is 1. The van der Waals surface area contributed by atoms with Gasteiger partial charge in [0.25, 0.3) is 0 Å². The fourth-order valence-electron chi connectivity index (χ4n) is 2.24. The number of nitrogens with zero attached hydrogens (tertiary/aromatic N) is 2. The van der Waals surface area contributed by atoms with Crippen molar-refractivity contribution in [1.29, 1.82) is 5.26 Å². The molecule has 0 amide bonds. The Labute approximate surface area is 108 Å². The summed E-state index contributed by atoms with van der Waals surface area (Å²) in [5, 5.41) is 8.82. The summed E-state index contributed by atoms with van der Waals surface area (Å²) < 4.78 is 26.4. The summed E-state index contributed by atoms with van der Waals surface area (Å²) in [6.07, 6.45) is 1.97. The van der Waals surface area contributed by atoms with Crippen LogP contribution in [0.2, 0.25) is 0 Å². The normalized spacial score (nSPS) is 21.4. The second kappa shape index (κ2) is 5.09. The molecule has 0 N–H and O–H groups in total. The number of rotatable bonds is 2. The van der Waals surface area contributed by atoms with Crippen molar-refractivity contribution in [2.75, 3.05) is 13.1 Å². The Hall–Kier alpha value is -1.38. The molecule has 1 heterocycles. The lowest BCUT2D eigenvalue weighted by atomic mass is 10.0. The molecule has 96 valence electrons. The summed E-state index contributed by atoms with van der Waals surface area (Å²) in [5.41, 5.74) is 0.376. The molecular formula is C13H16N2O2S. The molecule has 0 spiro atoms. The molecule has 1 aromatic rings. The Bertz CT molecular complexity index is 575. The molecule has 1 aliphatic heterocycles. The van der Waals surface area contributed by atoms with Crippen molar-refractivity contribution >= 4 is 10.0 Å². The van der Waals surface area contributed by atoms with E-state index in [4.69, 9.17) is 5.26 Å². The number of sulfonamides is 1. The summed E-state index contributed by atoms with van der Waals surface area (Å²) in [7, 11) is -3.45. The second-order valence-electron chi connectivity index (χ2n) is 4.75. The molecule has 1 atom stereocenters. The Balaban J connectivity index is 2.33. The van der Waals surface area contributed by atoms with Gasteiger partial charge in [-0.1, -0.05) is 13.0 Å². The Morgan fingerprint density at radius 3 is 2.89 bits per heavy atom. The molecule has 2 rings (SSSR count). The van der Waals surface area contributed by atoms with Crippen LogP contribution in [0.15, 0.2) is 29.2 Å². The van der Waals surface area contributed by atoms with Crippen LogP contribution in [0.25, 0.3) is 0 Å². The largest absolute Gasteiger partial charge is 0.243 e. The van der Waals surface area contributed by atoms with Crippen molar-refractivity contribution in [3.05, 3.63) is 29.8 Å². The average molecular weight is 264 g/mol. The molecule has 1 saturated heterocycles. The molecule has 0 aromatic heterocycles. The van der Waals surface area contributed by atoms with Gasteiger partial charge in [0.05, 0.1) is 16.5 Å². The van der Waals surface area contributed by atoms with E-state index in [9.17, 15) is 8.42 Å². The third-order valence-electron chi connectivity index (χ3n) is 3.22. The maximum absolute atomic E-state index is 12.4. The van der Waals surface area contributed by atoms with Crippen LogP contribution in [0.1, 0.15) is 25.3 Å². The molecule has 0 saturated carbocycles. The number of benzene rings is 1. The van der Waals surface area contributed by atoms with E-state index in [0.717, 1.165) is 12.8 Å². The topological polar surface area (TPSA) is 61.2 Å². The van der Waals surface area contributed by atoms with Gasteiger partial charge < -0.3 is 0 Å². The van der Waals surface area contributed by atoms with E-state index >= 15 is 0 Å². The molecule has 0 radical (unpaired) electrons. The Kier molecular flexibility index (Phi) is 3.69. The highest BCUT2D eigenvalue weighted by atomic mass is 32.2. The van der Waals surface area contributed by atoms with Gasteiger partial charge in [-0.15, -0.1) is 0 Å². The minimum Gasteiger partial charge on any atom is -0.207 e. The van der Waals surface area contributed by atoms with Crippen LogP contribution in [0.5, 0.6) is 0 Å². The van der Waals surface area contributed by atoms with E-state index in [2.05, 4.69) is 6.92 Å². The standard InChI is InChI=1S/C13H16N2O2S/c1-11-4-3-7-15(10-11)18(16,17)13-6-2-5-12(8-13)9-14/h2,5-6,8,11H,3-4,7,10H2,1H3/t11-/m0/s1. The first kappa shape index (κ1) is 13.1. The predicted molar refractivity (Wildman–Crippen MR) is 68.3 cm³/mol. The fourth-order valence-corrected chi connectivity index (χ4v) is 3.88. The molecule has 0 unspecified atom stereocenters. The lowest BCUT2D eigenvalue weighted by molar-refractivity contribution is 0.281. The van der Waals surface area contributed by atoms with Crippen LogP contribution in [0, 0.1) is 17.2 Å². The third-order valence-corrected chi connectivity index (χ3v) is 5.08. The zero-order valence-corrected chi connectivity index (χ0v) is 11.2. The van der Waals surface area contributed by atoms with Crippen molar-refractivity contribution in [2.24, 2.45) is 5.92 Å². The lowest BCUT2D eigenvalue weighted by Gasteiger charge is -2.30. The third kappa shape index (κ3) is 2.55. The number of piperidine rings is 1. The SMILES string of the molecule is C[C@H]1CCCN(S(=O)(=O)c2cccc(C#N)c2)C1. The minimum absolute atomic E-state index is 0.218. The zero-order valence-electron chi connectivity index (χ0n) is 10.3.